The molecule has 0 bridgehead atoms. The number of hydrogen-bond acceptors (Lipinski definition) is 4. The minimum Gasteiger partial charge on any atom is -0.485 e. The summed E-state index contributed by atoms with van der Waals surface area (Å²) >= 11 is 3.39. The molecule has 0 aliphatic rings. The van der Waals surface area contributed by atoms with Gasteiger partial charge in [0.15, 0.2) is 5.82 Å². The lowest BCUT2D eigenvalue weighted by atomic mass is 10.1. The van der Waals surface area contributed by atoms with Crippen LogP contribution in [-0.2, 0) is 6.61 Å². The van der Waals surface area contributed by atoms with Crippen LogP contribution in [0.3, 0.4) is 0 Å². The Morgan fingerprint density at radius 2 is 2.10 bits per heavy atom. The lowest BCUT2D eigenvalue weighted by molar-refractivity contribution is 0.188. The molecule has 0 unspecified atom stereocenters. The molecular weight excluding hydrogens is 322 g/mol. The number of benzene rings is 1. The first-order valence-corrected chi connectivity index (χ1v) is 7.27. The van der Waals surface area contributed by atoms with Gasteiger partial charge in [0.25, 0.3) is 0 Å². The number of ether oxygens (including phenoxy) is 1. The first-order chi connectivity index (χ1) is 9.49. The quantitative estimate of drug-likeness (QED) is 0.908. The van der Waals surface area contributed by atoms with Crippen LogP contribution in [-0.4, -0.2) is 19.9 Å². The molecule has 0 aliphatic carbocycles. The van der Waals surface area contributed by atoms with Crippen molar-refractivity contribution in [2.24, 2.45) is 0 Å². The Morgan fingerprint density at radius 1 is 1.35 bits per heavy atom. The van der Waals surface area contributed by atoms with Crippen LogP contribution in [0, 0.1) is 0 Å². The number of aliphatic hydroxyl groups is 1. The van der Waals surface area contributed by atoms with Gasteiger partial charge in [0.1, 0.15) is 18.7 Å². The molecule has 5 nitrogen and oxygen atoms in total. The molecule has 1 heterocycles. The maximum Gasteiger partial charge on any atom is 0.165 e. The summed E-state index contributed by atoms with van der Waals surface area (Å²) in [7, 11) is 0. The van der Waals surface area contributed by atoms with E-state index in [-0.39, 0.29) is 6.04 Å². The van der Waals surface area contributed by atoms with Gasteiger partial charge in [-0.15, -0.1) is 0 Å². The van der Waals surface area contributed by atoms with Gasteiger partial charge >= 0.3 is 0 Å². The first kappa shape index (κ1) is 15.0. The third-order valence-electron chi connectivity index (χ3n) is 2.92. The number of halogens is 1. The number of nitrogens with zero attached hydrogens (tertiary/aromatic N) is 3. The molecule has 0 spiro atoms. The minimum absolute atomic E-state index is 0.234. The average molecular weight is 340 g/mol. The van der Waals surface area contributed by atoms with E-state index in [0.717, 1.165) is 15.9 Å². The molecule has 0 fully saturated rings. The highest BCUT2D eigenvalue weighted by atomic mass is 79.9. The molecule has 1 atom stereocenters. The maximum absolute atomic E-state index is 9.79. The normalized spacial score (nSPS) is 12.7. The monoisotopic (exact) mass is 339 g/mol. The van der Waals surface area contributed by atoms with Crippen LogP contribution in [0.5, 0.6) is 5.75 Å². The van der Waals surface area contributed by atoms with Gasteiger partial charge in [-0.3, -0.25) is 0 Å². The Labute approximate surface area is 126 Å². The molecular formula is C14H18BrN3O2. The predicted molar refractivity (Wildman–Crippen MR) is 79.5 cm³/mol. The topological polar surface area (TPSA) is 60.2 Å². The molecule has 1 aromatic carbocycles. The molecule has 0 amide bonds. The second-order valence-corrected chi connectivity index (χ2v) is 5.78. The van der Waals surface area contributed by atoms with Crippen LogP contribution in [0.15, 0.2) is 29.0 Å². The van der Waals surface area contributed by atoms with Crippen LogP contribution >= 0.6 is 15.9 Å². The van der Waals surface area contributed by atoms with Crippen molar-refractivity contribution in [2.75, 3.05) is 0 Å². The van der Waals surface area contributed by atoms with Crippen LogP contribution in [0.2, 0.25) is 0 Å². The van der Waals surface area contributed by atoms with E-state index < -0.39 is 6.10 Å². The van der Waals surface area contributed by atoms with E-state index in [1.165, 1.54) is 6.33 Å². The summed E-state index contributed by atoms with van der Waals surface area (Å²) in [6.07, 6.45) is 0.932. The zero-order valence-corrected chi connectivity index (χ0v) is 13.3. The van der Waals surface area contributed by atoms with Gasteiger partial charge in [-0.1, -0.05) is 15.9 Å². The van der Waals surface area contributed by atoms with Crippen molar-refractivity contribution in [3.63, 3.8) is 0 Å². The minimum atomic E-state index is -0.592. The maximum atomic E-state index is 9.79. The van der Waals surface area contributed by atoms with Crippen molar-refractivity contribution < 1.29 is 9.84 Å². The summed E-state index contributed by atoms with van der Waals surface area (Å²) in [5, 5.41) is 14.0. The Kier molecular flexibility index (Phi) is 4.77. The van der Waals surface area contributed by atoms with Gasteiger partial charge < -0.3 is 9.84 Å². The summed E-state index contributed by atoms with van der Waals surface area (Å²) in [6, 6.07) is 5.81. The van der Waals surface area contributed by atoms with Crippen LogP contribution in [0.1, 0.15) is 44.3 Å². The van der Waals surface area contributed by atoms with Crippen molar-refractivity contribution in [3.05, 3.63) is 40.4 Å². The highest BCUT2D eigenvalue weighted by Crippen LogP contribution is 2.29. The van der Waals surface area contributed by atoms with Crippen molar-refractivity contribution >= 4 is 15.9 Å². The largest absolute Gasteiger partial charge is 0.485 e. The van der Waals surface area contributed by atoms with E-state index in [1.54, 1.807) is 6.92 Å². The van der Waals surface area contributed by atoms with Gasteiger partial charge in [0.2, 0.25) is 0 Å². The van der Waals surface area contributed by atoms with E-state index >= 15 is 0 Å². The number of rotatable bonds is 5. The fraction of sp³-hybridized carbons (Fsp3) is 0.429. The lowest BCUT2D eigenvalue weighted by Gasteiger charge is -2.15. The highest BCUT2D eigenvalue weighted by molar-refractivity contribution is 9.10. The van der Waals surface area contributed by atoms with E-state index in [9.17, 15) is 5.11 Å². The van der Waals surface area contributed by atoms with Gasteiger partial charge in [0.05, 0.1) is 6.10 Å². The summed E-state index contributed by atoms with van der Waals surface area (Å²) in [5.41, 5.74) is 0.745. The Balaban J connectivity index is 2.17. The molecule has 6 heteroatoms. The third kappa shape index (κ3) is 3.37. The second-order valence-electron chi connectivity index (χ2n) is 4.86. The molecule has 2 aromatic rings. The second kappa shape index (κ2) is 6.37. The molecule has 0 saturated heterocycles. The summed E-state index contributed by atoms with van der Waals surface area (Å²) < 4.78 is 8.51. The average Bonchev–Trinajstić information content (AvgIpc) is 2.85. The van der Waals surface area contributed by atoms with Gasteiger partial charge in [-0.05, 0) is 39.0 Å². The third-order valence-corrected chi connectivity index (χ3v) is 3.41. The zero-order valence-electron chi connectivity index (χ0n) is 11.7. The SMILES string of the molecule is CC(C)n1ncnc1COc1ccc(Br)cc1[C@@H](C)O. The van der Waals surface area contributed by atoms with E-state index in [2.05, 4.69) is 26.0 Å². The molecule has 20 heavy (non-hydrogen) atoms. The Morgan fingerprint density at radius 3 is 2.75 bits per heavy atom. The van der Waals surface area contributed by atoms with E-state index in [0.29, 0.717) is 12.4 Å². The summed E-state index contributed by atoms with van der Waals surface area (Å²) in [6.45, 7) is 6.11. The molecule has 0 saturated carbocycles. The highest BCUT2D eigenvalue weighted by Gasteiger charge is 2.12. The van der Waals surface area contributed by atoms with Crippen molar-refractivity contribution in [3.8, 4) is 5.75 Å². The summed E-state index contributed by atoms with van der Waals surface area (Å²) in [5.74, 6) is 1.42. The van der Waals surface area contributed by atoms with Gasteiger partial charge in [-0.25, -0.2) is 9.67 Å². The zero-order chi connectivity index (χ0) is 14.7. The molecule has 0 aliphatic heterocycles. The standard InChI is InChI=1S/C14H18BrN3O2/c1-9(2)18-14(16-8-17-18)7-20-13-5-4-11(15)6-12(13)10(3)19/h4-6,8-10,19H,7H2,1-3H3/t10-/m1/s1. The fourth-order valence-corrected chi connectivity index (χ4v) is 2.31. The molecule has 108 valence electrons. The fourth-order valence-electron chi connectivity index (χ4n) is 1.93. The molecule has 0 radical (unpaired) electrons. The van der Waals surface area contributed by atoms with Gasteiger partial charge in [0, 0.05) is 16.1 Å². The number of hydrogen-bond donors (Lipinski definition) is 1. The van der Waals surface area contributed by atoms with Crippen molar-refractivity contribution in [2.45, 2.75) is 39.5 Å². The van der Waals surface area contributed by atoms with Gasteiger partial charge in [-0.2, -0.15) is 5.10 Å². The number of aromatic nitrogens is 3. The smallest absolute Gasteiger partial charge is 0.165 e. The van der Waals surface area contributed by atoms with Crippen LogP contribution in [0.4, 0.5) is 0 Å². The lowest BCUT2D eigenvalue weighted by Crippen LogP contribution is -2.11. The Hall–Kier alpha value is -1.40. The van der Waals surface area contributed by atoms with Crippen LogP contribution < -0.4 is 4.74 Å². The van der Waals surface area contributed by atoms with Crippen LogP contribution in [0.25, 0.3) is 0 Å². The van der Waals surface area contributed by atoms with Crippen molar-refractivity contribution in [1.82, 2.24) is 14.8 Å². The predicted octanol–water partition coefficient (Wildman–Crippen LogP) is 3.25. The Bertz CT molecular complexity index is 582. The number of aliphatic hydroxyl groups excluding tert-OH is 1. The van der Waals surface area contributed by atoms with E-state index in [1.807, 2.05) is 36.7 Å². The first-order valence-electron chi connectivity index (χ1n) is 6.47. The summed E-state index contributed by atoms with van der Waals surface area (Å²) in [4.78, 5) is 4.20. The van der Waals surface area contributed by atoms with E-state index in [4.69, 9.17) is 4.74 Å². The molecule has 2 rings (SSSR count). The van der Waals surface area contributed by atoms with Crippen molar-refractivity contribution in [1.29, 1.82) is 0 Å². The molecule has 1 N–H and O–H groups in total. The molecule has 1 aromatic heterocycles.